The van der Waals surface area contributed by atoms with Crippen molar-refractivity contribution in [2.24, 2.45) is 0 Å². The summed E-state index contributed by atoms with van der Waals surface area (Å²) in [5.41, 5.74) is 2.74. The highest BCUT2D eigenvalue weighted by Gasteiger charge is 2.23. The molecule has 0 saturated carbocycles. The van der Waals surface area contributed by atoms with Crippen LogP contribution in [-0.2, 0) is 0 Å². The molecule has 0 atom stereocenters. The maximum atomic E-state index is 13.0. The Morgan fingerprint density at radius 3 is 2.55 bits per heavy atom. The quantitative estimate of drug-likeness (QED) is 0.554. The van der Waals surface area contributed by atoms with Gasteiger partial charge in [0.15, 0.2) is 5.82 Å². The molecule has 0 aliphatic rings. The summed E-state index contributed by atoms with van der Waals surface area (Å²) in [4.78, 5) is 29.5. The van der Waals surface area contributed by atoms with E-state index < -0.39 is 5.91 Å². The average Bonchev–Trinajstić information content (AvgIpc) is 3.16. The van der Waals surface area contributed by atoms with Crippen LogP contribution in [0.3, 0.4) is 0 Å². The van der Waals surface area contributed by atoms with Crippen LogP contribution in [0, 0.1) is 6.92 Å². The topological polar surface area (TPSA) is 116 Å². The smallest absolute Gasteiger partial charge is 0.262 e. The van der Waals surface area contributed by atoms with Crippen molar-refractivity contribution in [2.45, 2.75) is 6.92 Å². The molecule has 0 aliphatic heterocycles. The van der Waals surface area contributed by atoms with Crippen LogP contribution in [0.5, 0.6) is 5.88 Å². The molecule has 0 saturated heterocycles. The summed E-state index contributed by atoms with van der Waals surface area (Å²) in [7, 11) is 1.45. The molecule has 3 aromatic heterocycles. The molecule has 1 amide bonds. The minimum Gasteiger partial charge on any atom is -0.478 e. The third-order valence-corrected chi connectivity index (χ3v) is 4.16. The average molecular weight is 388 g/mol. The Morgan fingerprint density at radius 1 is 1.07 bits per heavy atom. The number of benzene rings is 1. The molecule has 0 unspecified atom stereocenters. The van der Waals surface area contributed by atoms with Gasteiger partial charge in [-0.3, -0.25) is 4.79 Å². The van der Waals surface area contributed by atoms with Gasteiger partial charge in [-0.25, -0.2) is 19.9 Å². The summed E-state index contributed by atoms with van der Waals surface area (Å²) in [5, 5.41) is 6.75. The highest BCUT2D eigenvalue weighted by Crippen LogP contribution is 2.28. The second-order valence-corrected chi connectivity index (χ2v) is 6.02. The van der Waals surface area contributed by atoms with Crippen LogP contribution >= 0.6 is 0 Å². The number of rotatable bonds is 5. The van der Waals surface area contributed by atoms with Crippen LogP contribution in [0.15, 0.2) is 59.8 Å². The fraction of sp³-hybridized carbons (Fsp3) is 0.100. The predicted molar refractivity (Wildman–Crippen MR) is 104 cm³/mol. The number of aromatic nitrogens is 5. The molecule has 9 heteroatoms. The van der Waals surface area contributed by atoms with E-state index in [9.17, 15) is 4.79 Å². The van der Waals surface area contributed by atoms with Gasteiger partial charge < -0.3 is 14.6 Å². The van der Waals surface area contributed by atoms with Gasteiger partial charge in [-0.15, -0.1) is 0 Å². The van der Waals surface area contributed by atoms with Crippen molar-refractivity contribution in [3.05, 3.63) is 66.6 Å². The van der Waals surface area contributed by atoms with Crippen molar-refractivity contribution in [1.82, 2.24) is 25.1 Å². The van der Waals surface area contributed by atoms with E-state index in [-0.39, 0.29) is 11.7 Å². The number of nitrogens with zero attached hydrogens (tertiary/aromatic N) is 5. The first-order valence-electron chi connectivity index (χ1n) is 8.67. The Labute approximate surface area is 165 Å². The van der Waals surface area contributed by atoms with Crippen LogP contribution < -0.4 is 10.1 Å². The maximum Gasteiger partial charge on any atom is 0.262 e. The van der Waals surface area contributed by atoms with Crippen molar-refractivity contribution < 1.29 is 14.1 Å². The molecule has 0 radical (unpaired) electrons. The highest BCUT2D eigenvalue weighted by atomic mass is 16.5. The van der Waals surface area contributed by atoms with E-state index in [1.54, 1.807) is 19.3 Å². The molecule has 0 fully saturated rings. The summed E-state index contributed by atoms with van der Waals surface area (Å²) in [6, 6.07) is 9.31. The predicted octanol–water partition coefficient (Wildman–Crippen LogP) is 3.16. The van der Waals surface area contributed by atoms with Crippen LogP contribution in [0.1, 0.15) is 16.1 Å². The van der Waals surface area contributed by atoms with Gasteiger partial charge >= 0.3 is 0 Å². The van der Waals surface area contributed by atoms with Gasteiger partial charge in [0.25, 0.3) is 11.8 Å². The minimum atomic E-state index is -0.425. The number of amides is 1. The van der Waals surface area contributed by atoms with Gasteiger partial charge in [-0.2, -0.15) is 0 Å². The van der Waals surface area contributed by atoms with Gasteiger partial charge in [0.2, 0.25) is 0 Å². The molecule has 9 nitrogen and oxygen atoms in total. The Hall–Kier alpha value is -4.14. The van der Waals surface area contributed by atoms with E-state index in [1.807, 2.05) is 30.3 Å². The fourth-order valence-electron chi connectivity index (χ4n) is 2.77. The Balaban J connectivity index is 1.65. The van der Waals surface area contributed by atoms with Gasteiger partial charge in [0, 0.05) is 23.5 Å². The van der Waals surface area contributed by atoms with E-state index in [0.717, 1.165) is 5.56 Å². The van der Waals surface area contributed by atoms with Gasteiger partial charge in [-0.1, -0.05) is 35.5 Å². The summed E-state index contributed by atoms with van der Waals surface area (Å²) in [6.45, 7) is 1.68. The SMILES string of the molecule is COc1nc(-c2cncnc2)cnc1NC(=O)c1c(-c2ccccc2)noc1C. The molecular formula is C20H16N6O3. The molecule has 144 valence electrons. The first-order valence-corrected chi connectivity index (χ1v) is 8.67. The number of anilines is 1. The van der Waals surface area contributed by atoms with Crippen molar-refractivity contribution >= 4 is 11.7 Å². The van der Waals surface area contributed by atoms with E-state index >= 15 is 0 Å². The monoisotopic (exact) mass is 388 g/mol. The molecule has 0 aliphatic carbocycles. The number of carbonyl (C=O) groups excluding carboxylic acids is 1. The number of hydrogen-bond acceptors (Lipinski definition) is 8. The van der Waals surface area contributed by atoms with E-state index in [4.69, 9.17) is 9.26 Å². The van der Waals surface area contributed by atoms with Crippen molar-refractivity contribution in [3.8, 4) is 28.4 Å². The van der Waals surface area contributed by atoms with E-state index in [1.165, 1.54) is 19.6 Å². The third kappa shape index (κ3) is 3.65. The molecule has 0 bridgehead atoms. The Kier molecular flexibility index (Phi) is 4.93. The van der Waals surface area contributed by atoms with Crippen molar-refractivity contribution in [3.63, 3.8) is 0 Å². The standard InChI is InChI=1S/C20H16N6O3/c1-12-16(17(26-29-12)13-6-4-3-5-7-13)19(27)25-18-20(28-2)24-15(10-23-18)14-8-21-11-22-9-14/h3-11H,1-2H3,(H,23,25,27). The number of aryl methyl sites for hydroxylation is 1. The molecule has 3 heterocycles. The zero-order chi connectivity index (χ0) is 20.2. The lowest BCUT2D eigenvalue weighted by atomic mass is 10.1. The summed E-state index contributed by atoms with van der Waals surface area (Å²) in [6.07, 6.45) is 6.16. The van der Waals surface area contributed by atoms with Gasteiger partial charge in [0.1, 0.15) is 23.3 Å². The summed E-state index contributed by atoms with van der Waals surface area (Å²) < 4.78 is 10.6. The summed E-state index contributed by atoms with van der Waals surface area (Å²) in [5.74, 6) is 0.310. The third-order valence-electron chi connectivity index (χ3n) is 4.16. The zero-order valence-corrected chi connectivity index (χ0v) is 15.7. The van der Waals surface area contributed by atoms with Crippen LogP contribution in [0.4, 0.5) is 5.82 Å². The normalized spacial score (nSPS) is 10.6. The largest absolute Gasteiger partial charge is 0.478 e. The lowest BCUT2D eigenvalue weighted by Gasteiger charge is -2.10. The van der Waals surface area contributed by atoms with E-state index in [2.05, 4.69) is 30.4 Å². The van der Waals surface area contributed by atoms with E-state index in [0.29, 0.717) is 28.3 Å². The number of nitrogens with one attached hydrogen (secondary N) is 1. The molecule has 29 heavy (non-hydrogen) atoms. The number of carbonyl (C=O) groups is 1. The highest BCUT2D eigenvalue weighted by molar-refractivity contribution is 6.08. The van der Waals surface area contributed by atoms with Crippen LogP contribution in [0.2, 0.25) is 0 Å². The second-order valence-electron chi connectivity index (χ2n) is 6.02. The number of ether oxygens (including phenoxy) is 1. The number of hydrogen-bond donors (Lipinski definition) is 1. The first kappa shape index (κ1) is 18.2. The Morgan fingerprint density at radius 2 is 1.83 bits per heavy atom. The lowest BCUT2D eigenvalue weighted by molar-refractivity contribution is 0.102. The minimum absolute atomic E-state index is 0.162. The first-order chi connectivity index (χ1) is 14.2. The van der Waals surface area contributed by atoms with Gasteiger partial charge in [-0.05, 0) is 6.92 Å². The molecule has 0 spiro atoms. The zero-order valence-electron chi connectivity index (χ0n) is 15.7. The van der Waals surface area contributed by atoms with Gasteiger partial charge in [0.05, 0.1) is 19.0 Å². The molecular weight excluding hydrogens is 372 g/mol. The lowest BCUT2D eigenvalue weighted by Crippen LogP contribution is -2.16. The summed E-state index contributed by atoms with van der Waals surface area (Å²) >= 11 is 0. The molecule has 1 aromatic carbocycles. The van der Waals surface area contributed by atoms with Crippen molar-refractivity contribution in [1.29, 1.82) is 0 Å². The van der Waals surface area contributed by atoms with Crippen molar-refractivity contribution in [2.75, 3.05) is 12.4 Å². The number of methoxy groups -OCH3 is 1. The maximum absolute atomic E-state index is 13.0. The fourth-order valence-corrected chi connectivity index (χ4v) is 2.77. The Bertz CT molecular complexity index is 1150. The molecule has 1 N–H and O–H groups in total. The van der Waals surface area contributed by atoms with Crippen LogP contribution in [-0.4, -0.2) is 38.1 Å². The van der Waals surface area contributed by atoms with Crippen LogP contribution in [0.25, 0.3) is 22.5 Å². The second kappa shape index (κ2) is 7.85. The molecule has 4 rings (SSSR count). The molecule has 4 aromatic rings.